The van der Waals surface area contributed by atoms with E-state index in [0.717, 1.165) is 6.42 Å². The number of hydrogen-bond acceptors (Lipinski definition) is 3. The summed E-state index contributed by atoms with van der Waals surface area (Å²) in [5, 5.41) is 0. The molecule has 0 aromatic rings. The van der Waals surface area contributed by atoms with Crippen LogP contribution in [-0.4, -0.2) is 42.9 Å². The van der Waals surface area contributed by atoms with E-state index in [1.165, 1.54) is 31.8 Å². The zero-order valence-electron chi connectivity index (χ0n) is 13.0. The maximum absolute atomic E-state index is 11.6. The van der Waals surface area contributed by atoms with Gasteiger partial charge in [0.2, 0.25) is 5.91 Å². The Morgan fingerprint density at radius 3 is 2.45 bits per heavy atom. The first kappa shape index (κ1) is 18.8. The van der Waals surface area contributed by atoms with Crippen molar-refractivity contribution in [2.45, 2.75) is 52.4 Å². The number of ether oxygens (including phenoxy) is 1. The molecule has 0 aliphatic carbocycles. The van der Waals surface area contributed by atoms with E-state index in [0.29, 0.717) is 26.1 Å². The summed E-state index contributed by atoms with van der Waals surface area (Å²) >= 11 is 0. The minimum absolute atomic E-state index is 0.0499. The summed E-state index contributed by atoms with van der Waals surface area (Å²) in [4.78, 5) is 24.6. The van der Waals surface area contributed by atoms with E-state index in [-0.39, 0.29) is 18.3 Å². The van der Waals surface area contributed by atoms with Crippen LogP contribution in [0, 0.1) is 0 Å². The summed E-state index contributed by atoms with van der Waals surface area (Å²) in [7, 11) is 0. The summed E-state index contributed by atoms with van der Waals surface area (Å²) in [6.45, 7) is 9.37. The second kappa shape index (κ2) is 12.9. The molecule has 0 N–H and O–H groups in total. The molecule has 0 fully saturated rings. The summed E-state index contributed by atoms with van der Waals surface area (Å²) < 4.78 is 5.36. The fourth-order valence-electron chi connectivity index (χ4n) is 1.88. The van der Waals surface area contributed by atoms with Gasteiger partial charge in [0.1, 0.15) is 6.61 Å². The molecule has 4 nitrogen and oxygen atoms in total. The fourth-order valence-corrected chi connectivity index (χ4v) is 1.88. The zero-order valence-corrected chi connectivity index (χ0v) is 13.0. The molecule has 0 aromatic carbocycles. The van der Waals surface area contributed by atoms with Crippen molar-refractivity contribution >= 4 is 11.7 Å². The molecule has 1 amide bonds. The van der Waals surface area contributed by atoms with Gasteiger partial charge in [-0.25, -0.2) is 0 Å². The van der Waals surface area contributed by atoms with Gasteiger partial charge in [-0.1, -0.05) is 39.2 Å². The van der Waals surface area contributed by atoms with Crippen molar-refractivity contribution in [1.29, 1.82) is 0 Å². The number of amides is 1. The van der Waals surface area contributed by atoms with Gasteiger partial charge in [-0.15, -0.1) is 0 Å². The van der Waals surface area contributed by atoms with Crippen LogP contribution in [0.1, 0.15) is 52.4 Å². The van der Waals surface area contributed by atoms with Crippen molar-refractivity contribution in [2.75, 3.05) is 26.3 Å². The summed E-state index contributed by atoms with van der Waals surface area (Å²) in [5.41, 5.74) is 0. The molecule has 4 heteroatoms. The van der Waals surface area contributed by atoms with Gasteiger partial charge >= 0.3 is 0 Å². The Bertz CT molecular complexity index is 289. The van der Waals surface area contributed by atoms with E-state index in [4.69, 9.17) is 4.74 Å². The summed E-state index contributed by atoms with van der Waals surface area (Å²) in [6, 6.07) is 0. The van der Waals surface area contributed by atoms with Gasteiger partial charge < -0.3 is 9.64 Å². The zero-order chi connectivity index (χ0) is 15.2. The van der Waals surface area contributed by atoms with Crippen LogP contribution < -0.4 is 0 Å². The predicted molar refractivity (Wildman–Crippen MR) is 81.7 cm³/mol. The summed E-state index contributed by atoms with van der Waals surface area (Å²) in [6.07, 6.45) is 7.55. The van der Waals surface area contributed by atoms with Crippen LogP contribution in [-0.2, 0) is 14.3 Å². The van der Waals surface area contributed by atoms with E-state index in [2.05, 4.69) is 13.5 Å². The standard InChI is InChI=1S/C16H29NO3/c1-4-7-8-9-10-13-20-14-15(18)11-12-17(6-3)16(19)5-2/h5H,2,4,6-14H2,1,3H3. The molecule has 0 bridgehead atoms. The smallest absolute Gasteiger partial charge is 0.245 e. The molecule has 0 spiro atoms. The van der Waals surface area contributed by atoms with Crippen LogP contribution in [0.25, 0.3) is 0 Å². The van der Waals surface area contributed by atoms with Crippen molar-refractivity contribution < 1.29 is 14.3 Å². The number of ketones is 1. The number of hydrogen-bond donors (Lipinski definition) is 0. The molecular formula is C16H29NO3. The third kappa shape index (κ3) is 9.73. The van der Waals surface area contributed by atoms with Crippen LogP contribution in [0.4, 0.5) is 0 Å². The number of nitrogens with zero attached hydrogens (tertiary/aromatic N) is 1. The average molecular weight is 283 g/mol. The van der Waals surface area contributed by atoms with Gasteiger partial charge in [0, 0.05) is 26.1 Å². The number of Topliss-reactive ketones (excluding diaryl/α,β-unsaturated/α-hetero) is 1. The minimum atomic E-state index is -0.128. The van der Waals surface area contributed by atoms with Crippen LogP contribution in [0.3, 0.4) is 0 Å². The lowest BCUT2D eigenvalue weighted by Crippen LogP contribution is -2.31. The Morgan fingerprint density at radius 2 is 1.85 bits per heavy atom. The molecule has 20 heavy (non-hydrogen) atoms. The maximum atomic E-state index is 11.6. The van der Waals surface area contributed by atoms with Crippen LogP contribution in [0.5, 0.6) is 0 Å². The lowest BCUT2D eigenvalue weighted by molar-refractivity contribution is -0.127. The molecule has 116 valence electrons. The second-order valence-corrected chi connectivity index (χ2v) is 4.88. The van der Waals surface area contributed by atoms with Gasteiger partial charge in [-0.05, 0) is 19.4 Å². The first-order chi connectivity index (χ1) is 9.65. The molecule has 0 aliphatic heterocycles. The van der Waals surface area contributed by atoms with E-state index >= 15 is 0 Å². The van der Waals surface area contributed by atoms with E-state index < -0.39 is 0 Å². The van der Waals surface area contributed by atoms with Gasteiger partial charge in [0.05, 0.1) is 0 Å². The van der Waals surface area contributed by atoms with Gasteiger partial charge in [0.25, 0.3) is 0 Å². The number of unbranched alkanes of at least 4 members (excludes halogenated alkanes) is 4. The SMILES string of the molecule is C=CC(=O)N(CC)CCC(=O)COCCCCCCC. The molecule has 0 aliphatic rings. The predicted octanol–water partition coefficient (Wildman–Crippen LogP) is 2.97. The molecule has 0 radical (unpaired) electrons. The van der Waals surface area contributed by atoms with Crippen molar-refractivity contribution in [3.8, 4) is 0 Å². The first-order valence-electron chi connectivity index (χ1n) is 7.66. The molecule has 0 heterocycles. The normalized spacial score (nSPS) is 10.3. The summed E-state index contributed by atoms with van der Waals surface area (Å²) in [5.74, 6) is -0.0778. The molecule has 0 saturated carbocycles. The highest BCUT2D eigenvalue weighted by molar-refractivity contribution is 5.87. The molecular weight excluding hydrogens is 254 g/mol. The highest BCUT2D eigenvalue weighted by atomic mass is 16.5. The third-order valence-corrected chi connectivity index (χ3v) is 3.18. The lowest BCUT2D eigenvalue weighted by atomic mass is 10.2. The highest BCUT2D eigenvalue weighted by Crippen LogP contribution is 2.02. The monoisotopic (exact) mass is 283 g/mol. The van der Waals surface area contributed by atoms with Crippen LogP contribution >= 0.6 is 0 Å². The van der Waals surface area contributed by atoms with Crippen molar-refractivity contribution in [3.63, 3.8) is 0 Å². The van der Waals surface area contributed by atoms with Crippen LogP contribution in [0.2, 0.25) is 0 Å². The van der Waals surface area contributed by atoms with Gasteiger partial charge in [-0.2, -0.15) is 0 Å². The molecule has 0 aromatic heterocycles. The largest absolute Gasteiger partial charge is 0.374 e. The Kier molecular flexibility index (Phi) is 12.1. The Balaban J connectivity index is 3.58. The van der Waals surface area contributed by atoms with Crippen molar-refractivity contribution in [1.82, 2.24) is 4.90 Å². The van der Waals surface area contributed by atoms with Gasteiger partial charge in [0.15, 0.2) is 5.78 Å². The number of rotatable bonds is 13. The highest BCUT2D eigenvalue weighted by Gasteiger charge is 2.10. The molecule has 0 rings (SSSR count). The fraction of sp³-hybridized carbons (Fsp3) is 0.750. The van der Waals surface area contributed by atoms with E-state index in [1.807, 2.05) is 6.92 Å². The number of carbonyl (C=O) groups excluding carboxylic acids is 2. The average Bonchev–Trinajstić information content (AvgIpc) is 2.46. The lowest BCUT2D eigenvalue weighted by Gasteiger charge is -2.18. The Hall–Kier alpha value is -1.16. The quantitative estimate of drug-likeness (QED) is 0.385. The van der Waals surface area contributed by atoms with Crippen molar-refractivity contribution in [2.24, 2.45) is 0 Å². The molecule has 0 saturated heterocycles. The van der Waals surface area contributed by atoms with Gasteiger partial charge in [-0.3, -0.25) is 9.59 Å². The third-order valence-electron chi connectivity index (χ3n) is 3.18. The minimum Gasteiger partial charge on any atom is -0.374 e. The maximum Gasteiger partial charge on any atom is 0.245 e. The Morgan fingerprint density at radius 1 is 1.15 bits per heavy atom. The number of carbonyl (C=O) groups is 2. The first-order valence-corrected chi connectivity index (χ1v) is 7.66. The second-order valence-electron chi connectivity index (χ2n) is 4.88. The van der Waals surface area contributed by atoms with E-state index in [9.17, 15) is 9.59 Å². The number of likely N-dealkylation sites (N-methyl/N-ethyl adjacent to an activating group) is 1. The topological polar surface area (TPSA) is 46.6 Å². The van der Waals surface area contributed by atoms with Crippen molar-refractivity contribution in [3.05, 3.63) is 12.7 Å². The Labute approximate surface area is 123 Å². The molecule has 0 atom stereocenters. The molecule has 0 unspecified atom stereocenters. The van der Waals surface area contributed by atoms with E-state index in [1.54, 1.807) is 4.90 Å². The van der Waals surface area contributed by atoms with Crippen LogP contribution in [0.15, 0.2) is 12.7 Å².